The fourth-order valence-corrected chi connectivity index (χ4v) is 4.35. The number of fused-ring (bicyclic) bond motifs is 1. The maximum Gasteiger partial charge on any atom is 0.338 e. The van der Waals surface area contributed by atoms with Crippen molar-refractivity contribution in [1.82, 2.24) is 14.8 Å². The Morgan fingerprint density at radius 2 is 2.00 bits per heavy atom. The number of hydrogen-bond acceptors (Lipinski definition) is 7. The predicted molar refractivity (Wildman–Crippen MR) is 128 cm³/mol. The number of nitrogens with one attached hydrogen (secondary N) is 1. The van der Waals surface area contributed by atoms with E-state index in [0.29, 0.717) is 35.8 Å². The largest absolute Gasteiger partial charge is 0.494 e. The standard InChI is InChI=1S/C24H34N4O3S/c1-6-8-15-32-24-26-23-25-17(5)20(22(29)30-7-2)21(28(23)27-24)18-9-11-19(12-10-18)31-14-13-16(3)4/h9-12,16,21H,6-8,13-15H2,1-5H3,(H,25,26,27). The van der Waals surface area contributed by atoms with Gasteiger partial charge in [0.05, 0.1) is 18.8 Å². The summed E-state index contributed by atoms with van der Waals surface area (Å²) in [5, 5.41) is 8.68. The molecule has 7 nitrogen and oxygen atoms in total. The number of nitrogens with zero attached hydrogens (tertiary/aromatic N) is 3. The Balaban J connectivity index is 1.91. The van der Waals surface area contributed by atoms with Gasteiger partial charge in [-0.15, -0.1) is 5.10 Å². The van der Waals surface area contributed by atoms with E-state index in [1.165, 1.54) is 0 Å². The normalized spacial score (nSPS) is 15.5. The second-order valence-electron chi connectivity index (χ2n) is 8.25. The van der Waals surface area contributed by atoms with Crippen molar-refractivity contribution < 1.29 is 14.3 Å². The molecule has 0 spiro atoms. The summed E-state index contributed by atoms with van der Waals surface area (Å²) in [6.07, 6.45) is 3.24. The second kappa shape index (κ2) is 11.4. The molecule has 0 amide bonds. The van der Waals surface area contributed by atoms with Crippen LogP contribution >= 0.6 is 11.8 Å². The number of esters is 1. The van der Waals surface area contributed by atoms with Crippen LogP contribution in [0.2, 0.25) is 0 Å². The lowest BCUT2D eigenvalue weighted by atomic mass is 9.96. The van der Waals surface area contributed by atoms with Crippen molar-refractivity contribution in [2.75, 3.05) is 24.3 Å². The fraction of sp³-hybridized carbons (Fsp3) is 0.542. The minimum absolute atomic E-state index is 0.313. The molecule has 1 unspecified atom stereocenters. The summed E-state index contributed by atoms with van der Waals surface area (Å²) in [4.78, 5) is 17.5. The van der Waals surface area contributed by atoms with E-state index in [0.717, 1.165) is 42.0 Å². The molecule has 1 aliphatic heterocycles. The Bertz CT molecular complexity index is 937. The molecule has 2 heterocycles. The summed E-state index contributed by atoms with van der Waals surface area (Å²) >= 11 is 1.63. The molecule has 1 aromatic carbocycles. The number of unbranched alkanes of at least 4 members (excludes halogenated alkanes) is 1. The Hall–Kier alpha value is -2.48. The zero-order chi connectivity index (χ0) is 23.1. The monoisotopic (exact) mass is 458 g/mol. The van der Waals surface area contributed by atoms with Gasteiger partial charge in [0.1, 0.15) is 11.8 Å². The Morgan fingerprint density at radius 3 is 2.66 bits per heavy atom. The first-order valence-corrected chi connectivity index (χ1v) is 12.4. The van der Waals surface area contributed by atoms with Crippen LogP contribution in [0.3, 0.4) is 0 Å². The van der Waals surface area contributed by atoms with Gasteiger partial charge < -0.3 is 14.8 Å². The molecule has 1 atom stereocenters. The molecule has 1 aliphatic rings. The molecule has 1 aromatic heterocycles. The van der Waals surface area contributed by atoms with Crippen LogP contribution in [0.15, 0.2) is 40.7 Å². The van der Waals surface area contributed by atoms with E-state index in [4.69, 9.17) is 14.6 Å². The minimum Gasteiger partial charge on any atom is -0.494 e. The highest BCUT2D eigenvalue weighted by Crippen LogP contribution is 2.37. The first-order chi connectivity index (χ1) is 15.4. The van der Waals surface area contributed by atoms with Gasteiger partial charge in [-0.1, -0.05) is 51.1 Å². The van der Waals surface area contributed by atoms with Crippen LogP contribution in [0.5, 0.6) is 5.75 Å². The van der Waals surface area contributed by atoms with Crippen LogP contribution in [0.1, 0.15) is 65.5 Å². The number of ether oxygens (including phenoxy) is 2. The average molecular weight is 459 g/mol. The van der Waals surface area contributed by atoms with E-state index in [2.05, 4.69) is 31.1 Å². The van der Waals surface area contributed by atoms with Crippen LogP contribution in [0.4, 0.5) is 5.95 Å². The average Bonchev–Trinajstić information content (AvgIpc) is 3.15. The van der Waals surface area contributed by atoms with E-state index < -0.39 is 6.04 Å². The van der Waals surface area contributed by atoms with E-state index in [1.54, 1.807) is 16.4 Å². The number of hydrogen-bond donors (Lipinski definition) is 1. The Labute approximate surface area is 195 Å². The van der Waals surface area contributed by atoms with Gasteiger partial charge in [0, 0.05) is 11.4 Å². The quantitative estimate of drug-likeness (QED) is 0.273. The highest BCUT2D eigenvalue weighted by atomic mass is 32.2. The van der Waals surface area contributed by atoms with Crippen molar-refractivity contribution in [3.63, 3.8) is 0 Å². The number of allylic oxidation sites excluding steroid dienone is 1. The van der Waals surface area contributed by atoms with Crippen LogP contribution in [0, 0.1) is 5.92 Å². The number of benzene rings is 1. The third-order valence-electron chi connectivity index (χ3n) is 5.22. The molecule has 32 heavy (non-hydrogen) atoms. The van der Waals surface area contributed by atoms with Gasteiger partial charge in [0.15, 0.2) is 0 Å². The van der Waals surface area contributed by atoms with Gasteiger partial charge in [-0.05, 0) is 50.3 Å². The molecule has 0 bridgehead atoms. The lowest BCUT2D eigenvalue weighted by molar-refractivity contribution is -0.139. The zero-order valence-electron chi connectivity index (χ0n) is 19.7. The summed E-state index contributed by atoms with van der Waals surface area (Å²) in [6, 6.07) is 7.46. The molecule has 0 saturated carbocycles. The van der Waals surface area contributed by atoms with Crippen LogP contribution in [-0.4, -0.2) is 39.7 Å². The SMILES string of the molecule is CCCCSc1nc2n(n1)C(c1ccc(OCCC(C)C)cc1)C(C(=O)OCC)=C(C)N2. The van der Waals surface area contributed by atoms with Crippen molar-refractivity contribution >= 4 is 23.7 Å². The van der Waals surface area contributed by atoms with E-state index in [9.17, 15) is 4.79 Å². The maximum atomic E-state index is 12.9. The van der Waals surface area contributed by atoms with Crippen molar-refractivity contribution in [3.05, 3.63) is 41.1 Å². The zero-order valence-corrected chi connectivity index (χ0v) is 20.5. The van der Waals surface area contributed by atoms with Crippen LogP contribution in [-0.2, 0) is 9.53 Å². The molecule has 0 fully saturated rings. The Kier molecular flexibility index (Phi) is 8.61. The molecule has 8 heteroatoms. The van der Waals surface area contributed by atoms with E-state index in [-0.39, 0.29) is 5.97 Å². The number of rotatable bonds is 11. The first-order valence-electron chi connectivity index (χ1n) is 11.4. The maximum absolute atomic E-state index is 12.9. The van der Waals surface area contributed by atoms with Gasteiger partial charge in [0.25, 0.3) is 0 Å². The molecule has 2 aromatic rings. The summed E-state index contributed by atoms with van der Waals surface area (Å²) < 4.78 is 13.0. The lowest BCUT2D eigenvalue weighted by Gasteiger charge is -2.28. The van der Waals surface area contributed by atoms with Gasteiger partial charge in [0.2, 0.25) is 11.1 Å². The number of aromatic nitrogens is 3. The van der Waals surface area contributed by atoms with E-state index >= 15 is 0 Å². The van der Waals surface area contributed by atoms with Gasteiger partial charge in [-0.3, -0.25) is 0 Å². The van der Waals surface area contributed by atoms with E-state index in [1.807, 2.05) is 38.1 Å². The van der Waals surface area contributed by atoms with Crippen LogP contribution in [0.25, 0.3) is 0 Å². The molecular formula is C24H34N4O3S. The number of anilines is 1. The topological polar surface area (TPSA) is 78.3 Å². The third kappa shape index (κ3) is 5.85. The number of thioether (sulfide) groups is 1. The minimum atomic E-state index is -0.414. The smallest absolute Gasteiger partial charge is 0.338 e. The summed E-state index contributed by atoms with van der Waals surface area (Å²) in [6.45, 7) is 11.2. The van der Waals surface area contributed by atoms with Crippen LogP contribution < -0.4 is 10.1 Å². The van der Waals surface area contributed by atoms with Crippen molar-refractivity contribution in [2.24, 2.45) is 5.92 Å². The highest BCUT2D eigenvalue weighted by molar-refractivity contribution is 7.99. The second-order valence-corrected chi connectivity index (χ2v) is 9.31. The van der Waals surface area contributed by atoms with Crippen molar-refractivity contribution in [3.8, 4) is 5.75 Å². The fourth-order valence-electron chi connectivity index (χ4n) is 3.44. The summed E-state index contributed by atoms with van der Waals surface area (Å²) in [5.74, 6) is 2.66. The molecule has 0 saturated heterocycles. The first kappa shape index (κ1) is 24.2. The predicted octanol–water partition coefficient (Wildman–Crippen LogP) is 5.45. The lowest BCUT2D eigenvalue weighted by Crippen LogP contribution is -2.29. The number of carbonyl (C=O) groups is 1. The van der Waals surface area contributed by atoms with Gasteiger partial charge in [-0.25, -0.2) is 9.48 Å². The molecule has 3 rings (SSSR count). The summed E-state index contributed by atoms with van der Waals surface area (Å²) in [7, 11) is 0. The number of carbonyl (C=O) groups excluding carboxylic acids is 1. The van der Waals surface area contributed by atoms with Crippen molar-refractivity contribution in [1.29, 1.82) is 0 Å². The summed E-state index contributed by atoms with van der Waals surface area (Å²) in [5.41, 5.74) is 2.21. The molecule has 0 radical (unpaired) electrons. The third-order valence-corrected chi connectivity index (χ3v) is 6.14. The van der Waals surface area contributed by atoms with Gasteiger partial charge >= 0.3 is 5.97 Å². The molecule has 1 N–H and O–H groups in total. The Morgan fingerprint density at radius 1 is 1.25 bits per heavy atom. The molecule has 0 aliphatic carbocycles. The molecule has 174 valence electrons. The molecular weight excluding hydrogens is 424 g/mol. The van der Waals surface area contributed by atoms with Crippen molar-refractivity contribution in [2.45, 2.75) is 65.1 Å². The van der Waals surface area contributed by atoms with Gasteiger partial charge in [-0.2, -0.15) is 4.98 Å². The highest BCUT2D eigenvalue weighted by Gasteiger charge is 2.35.